The zero-order chi connectivity index (χ0) is 23.8. The van der Waals surface area contributed by atoms with Gasteiger partial charge in [0.15, 0.2) is 0 Å². The fourth-order valence-electron chi connectivity index (χ4n) is 5.21. The number of hydrogen-bond donors (Lipinski definition) is 0. The van der Waals surface area contributed by atoms with Crippen LogP contribution in [0.25, 0.3) is 0 Å². The van der Waals surface area contributed by atoms with Gasteiger partial charge in [0.2, 0.25) is 0 Å². The number of benzene rings is 2. The van der Waals surface area contributed by atoms with Gasteiger partial charge in [-0.25, -0.2) is 0 Å². The second kappa shape index (κ2) is 15.1. The van der Waals surface area contributed by atoms with Crippen LogP contribution in [0.5, 0.6) is 0 Å². The van der Waals surface area contributed by atoms with Crippen LogP contribution in [0.2, 0.25) is 0 Å². The van der Waals surface area contributed by atoms with Gasteiger partial charge in [-0.05, 0) is 48.6 Å². The Morgan fingerprint density at radius 3 is 1.58 bits per heavy atom. The Bertz CT molecular complexity index is 702. The van der Waals surface area contributed by atoms with Crippen LogP contribution in [0.4, 0.5) is 0 Å². The van der Waals surface area contributed by atoms with E-state index in [0.29, 0.717) is 0 Å². The first-order chi connectivity index (χ1) is 16.0. The van der Waals surface area contributed by atoms with Crippen LogP contribution < -0.4 is 0 Å². The second-order valence-corrected chi connectivity index (χ2v) is 10.5. The van der Waals surface area contributed by atoms with Crippen LogP contribution in [-0.2, 0) is 10.2 Å². The molecule has 0 atom stereocenters. The number of ether oxygens (including phenoxy) is 1. The summed E-state index contributed by atoms with van der Waals surface area (Å²) in [5, 5.41) is 0. The van der Waals surface area contributed by atoms with Crippen LogP contribution in [0, 0.1) is 5.41 Å². The highest BCUT2D eigenvalue weighted by Crippen LogP contribution is 2.50. The Hall–Kier alpha value is -1.86. The molecular formula is C32H48O. The van der Waals surface area contributed by atoms with Gasteiger partial charge < -0.3 is 4.74 Å². The fraction of sp³-hybridized carbons (Fsp3) is 0.562. The smallest absolute Gasteiger partial charge is 0.0466 e. The van der Waals surface area contributed by atoms with Gasteiger partial charge in [-0.3, -0.25) is 0 Å². The van der Waals surface area contributed by atoms with Gasteiger partial charge in [0.05, 0.1) is 0 Å². The van der Waals surface area contributed by atoms with Crippen molar-refractivity contribution in [3.63, 3.8) is 0 Å². The van der Waals surface area contributed by atoms with Crippen molar-refractivity contribution in [2.45, 2.75) is 96.8 Å². The Kier molecular flexibility index (Phi) is 12.5. The van der Waals surface area contributed by atoms with Gasteiger partial charge >= 0.3 is 0 Å². The first kappa shape index (κ1) is 27.4. The average molecular weight is 449 g/mol. The fourth-order valence-corrected chi connectivity index (χ4v) is 5.21. The van der Waals surface area contributed by atoms with Crippen LogP contribution >= 0.6 is 0 Å². The molecule has 1 nitrogen and oxygen atoms in total. The maximum atomic E-state index is 5.74. The van der Waals surface area contributed by atoms with Crippen molar-refractivity contribution in [3.8, 4) is 0 Å². The van der Waals surface area contributed by atoms with Crippen molar-refractivity contribution >= 4 is 0 Å². The van der Waals surface area contributed by atoms with Crippen molar-refractivity contribution in [1.29, 1.82) is 0 Å². The lowest BCUT2D eigenvalue weighted by Gasteiger charge is -2.46. The minimum absolute atomic E-state index is 0.0402. The number of unbranched alkanes of at least 4 members (excludes halogenated alkanes) is 8. The third-order valence-electron chi connectivity index (χ3n) is 7.10. The van der Waals surface area contributed by atoms with Gasteiger partial charge in [0.25, 0.3) is 0 Å². The van der Waals surface area contributed by atoms with E-state index in [2.05, 4.69) is 88.0 Å². The molecule has 0 bridgehead atoms. The van der Waals surface area contributed by atoms with Crippen molar-refractivity contribution in [3.05, 3.63) is 84.4 Å². The highest BCUT2D eigenvalue weighted by Gasteiger charge is 2.44. The molecule has 0 aliphatic carbocycles. The molecule has 0 unspecified atom stereocenters. The molecule has 0 saturated heterocycles. The molecule has 0 saturated carbocycles. The Labute approximate surface area is 204 Å². The van der Waals surface area contributed by atoms with Gasteiger partial charge in [-0.2, -0.15) is 0 Å². The van der Waals surface area contributed by atoms with Gasteiger partial charge in [-0.15, -0.1) is 6.58 Å². The maximum Gasteiger partial charge on any atom is 0.0466 e. The Morgan fingerprint density at radius 1 is 0.636 bits per heavy atom. The molecule has 2 rings (SSSR count). The van der Waals surface area contributed by atoms with E-state index in [1.54, 1.807) is 0 Å². The maximum absolute atomic E-state index is 5.74. The Morgan fingerprint density at radius 2 is 1.09 bits per heavy atom. The summed E-state index contributed by atoms with van der Waals surface area (Å²) in [6.45, 7) is 12.8. The van der Waals surface area contributed by atoms with Crippen LogP contribution in [-0.4, -0.2) is 13.2 Å². The molecule has 0 heterocycles. The summed E-state index contributed by atoms with van der Waals surface area (Å²) in [6, 6.07) is 22.4. The normalized spacial score (nSPS) is 12.1. The summed E-state index contributed by atoms with van der Waals surface area (Å²) in [4.78, 5) is 0. The molecule has 1 heteroatoms. The minimum Gasteiger partial charge on any atom is -0.381 e. The van der Waals surface area contributed by atoms with Gasteiger partial charge in [-0.1, -0.05) is 126 Å². The molecule has 0 N–H and O–H groups in total. The lowest BCUT2D eigenvalue weighted by Crippen LogP contribution is -2.41. The summed E-state index contributed by atoms with van der Waals surface area (Å²) in [5.41, 5.74) is 3.08. The van der Waals surface area contributed by atoms with Crippen LogP contribution in [0.1, 0.15) is 103 Å². The zero-order valence-electron chi connectivity index (χ0n) is 21.7. The molecule has 182 valence electrons. The molecule has 0 spiro atoms. The Balaban J connectivity index is 1.78. The van der Waals surface area contributed by atoms with E-state index < -0.39 is 0 Å². The van der Waals surface area contributed by atoms with E-state index in [1.807, 2.05) is 6.08 Å². The van der Waals surface area contributed by atoms with E-state index >= 15 is 0 Å². The van der Waals surface area contributed by atoms with Crippen molar-refractivity contribution in [2.24, 2.45) is 5.41 Å². The quantitative estimate of drug-likeness (QED) is 0.173. The third kappa shape index (κ3) is 8.78. The van der Waals surface area contributed by atoms with Gasteiger partial charge in [0, 0.05) is 18.6 Å². The van der Waals surface area contributed by atoms with Gasteiger partial charge in [0.1, 0.15) is 0 Å². The standard InChI is InChI=1S/C32H48O/c1-5-6-7-20-27-33-28-21-12-10-8-9-11-19-26-32(31(2,3)4,29-22-15-13-16-23-29)30-24-17-14-18-25-30/h5,13-18,22-25H,1,6-12,19-21,26-28H2,2-4H3. The van der Waals surface area contributed by atoms with E-state index in [-0.39, 0.29) is 10.8 Å². The molecule has 0 radical (unpaired) electrons. The molecule has 0 aromatic heterocycles. The average Bonchev–Trinajstić information content (AvgIpc) is 2.82. The van der Waals surface area contributed by atoms with Crippen molar-refractivity contribution in [2.75, 3.05) is 13.2 Å². The predicted octanol–water partition coefficient (Wildman–Crippen LogP) is 9.51. The summed E-state index contributed by atoms with van der Waals surface area (Å²) in [5.74, 6) is 0. The first-order valence-corrected chi connectivity index (χ1v) is 13.3. The van der Waals surface area contributed by atoms with E-state index in [1.165, 1.54) is 68.9 Å². The topological polar surface area (TPSA) is 9.23 Å². The predicted molar refractivity (Wildman–Crippen MR) is 145 cm³/mol. The van der Waals surface area contributed by atoms with Crippen LogP contribution in [0.15, 0.2) is 73.3 Å². The highest BCUT2D eigenvalue weighted by atomic mass is 16.5. The molecule has 0 aliphatic rings. The molecule has 33 heavy (non-hydrogen) atoms. The summed E-state index contributed by atoms with van der Waals surface area (Å²) >= 11 is 0. The largest absolute Gasteiger partial charge is 0.381 e. The molecule has 0 aliphatic heterocycles. The monoisotopic (exact) mass is 448 g/mol. The molecular weight excluding hydrogens is 400 g/mol. The highest BCUT2D eigenvalue weighted by molar-refractivity contribution is 5.41. The van der Waals surface area contributed by atoms with Crippen molar-refractivity contribution < 1.29 is 4.74 Å². The summed E-state index contributed by atoms with van der Waals surface area (Å²) < 4.78 is 5.74. The number of rotatable bonds is 17. The third-order valence-corrected chi connectivity index (χ3v) is 7.10. The molecule has 0 amide bonds. The number of hydrogen-bond acceptors (Lipinski definition) is 1. The van der Waals surface area contributed by atoms with Crippen LogP contribution in [0.3, 0.4) is 0 Å². The lowest BCUT2D eigenvalue weighted by molar-refractivity contribution is 0.126. The lowest BCUT2D eigenvalue weighted by atomic mass is 9.57. The van der Waals surface area contributed by atoms with Crippen molar-refractivity contribution in [1.82, 2.24) is 0 Å². The molecule has 0 fully saturated rings. The SMILES string of the molecule is C=CCCCCOCCCCCCCCCC(c1ccccc1)(c1ccccc1)C(C)(C)C. The van der Waals surface area contributed by atoms with E-state index in [0.717, 1.165) is 26.1 Å². The molecule has 2 aromatic carbocycles. The molecule has 2 aromatic rings. The second-order valence-electron chi connectivity index (χ2n) is 10.5. The number of allylic oxidation sites excluding steroid dienone is 1. The summed E-state index contributed by atoms with van der Waals surface area (Å²) in [6.07, 6.45) is 15.8. The van der Waals surface area contributed by atoms with E-state index in [9.17, 15) is 0 Å². The summed E-state index contributed by atoms with van der Waals surface area (Å²) in [7, 11) is 0. The zero-order valence-corrected chi connectivity index (χ0v) is 21.7. The van der Waals surface area contributed by atoms with E-state index in [4.69, 9.17) is 4.74 Å². The first-order valence-electron chi connectivity index (χ1n) is 13.3. The minimum atomic E-state index is 0.0402.